The van der Waals surface area contributed by atoms with Gasteiger partial charge in [-0.05, 0) is 31.0 Å². The molecule has 0 fully saturated rings. The Morgan fingerprint density at radius 1 is 1.26 bits per heavy atom. The van der Waals surface area contributed by atoms with Crippen molar-refractivity contribution in [1.29, 1.82) is 0 Å². The number of nitrogens with one attached hydrogen (secondary N) is 2. The van der Waals surface area contributed by atoms with Crippen LogP contribution in [0.3, 0.4) is 0 Å². The number of rotatable bonds is 8. The maximum Gasteiger partial charge on any atom is 0.233 e. The van der Waals surface area contributed by atoms with Crippen LogP contribution in [-0.4, -0.2) is 19.0 Å². The van der Waals surface area contributed by atoms with Crippen LogP contribution in [0.2, 0.25) is 0 Å². The van der Waals surface area contributed by atoms with Crippen molar-refractivity contribution in [3.05, 3.63) is 35.6 Å². The number of likely N-dealkylation sites (N-methyl/N-ethyl adjacent to an activating group) is 1. The van der Waals surface area contributed by atoms with Crippen LogP contribution < -0.4 is 10.6 Å². The number of unbranched alkanes of at least 4 members (excludes halogenated alkanes) is 1. The van der Waals surface area contributed by atoms with Gasteiger partial charge in [0.25, 0.3) is 0 Å². The number of carbonyl (C=O) groups excluding carboxylic acids is 1. The van der Waals surface area contributed by atoms with Crippen molar-refractivity contribution < 1.29 is 9.18 Å². The van der Waals surface area contributed by atoms with Crippen molar-refractivity contribution in [3.63, 3.8) is 0 Å². The minimum atomic E-state index is -0.235. The zero-order chi connectivity index (χ0) is 14.1. The molecule has 1 aromatic carbocycles. The molecule has 3 nitrogen and oxygen atoms in total. The first-order chi connectivity index (χ1) is 9.17. The molecule has 19 heavy (non-hydrogen) atoms. The molecule has 1 unspecified atom stereocenters. The fourth-order valence-electron chi connectivity index (χ4n) is 1.97. The van der Waals surface area contributed by atoms with E-state index in [1.807, 2.05) is 6.92 Å². The smallest absolute Gasteiger partial charge is 0.233 e. The monoisotopic (exact) mass is 266 g/mol. The minimum absolute atomic E-state index is 0.00823. The second-order valence-corrected chi connectivity index (χ2v) is 4.58. The average Bonchev–Trinajstić information content (AvgIpc) is 2.40. The molecule has 0 saturated heterocycles. The van der Waals surface area contributed by atoms with Gasteiger partial charge in [0, 0.05) is 12.6 Å². The molecule has 0 spiro atoms. The highest BCUT2D eigenvalue weighted by Crippen LogP contribution is 2.19. The Morgan fingerprint density at radius 2 is 1.95 bits per heavy atom. The van der Waals surface area contributed by atoms with E-state index < -0.39 is 0 Å². The number of hydrogen-bond donors (Lipinski definition) is 2. The lowest BCUT2D eigenvalue weighted by molar-refractivity contribution is -0.120. The molecule has 1 amide bonds. The van der Waals surface area contributed by atoms with Crippen LogP contribution in [0.4, 0.5) is 4.39 Å². The first-order valence-corrected chi connectivity index (χ1v) is 6.92. The Morgan fingerprint density at radius 3 is 2.53 bits per heavy atom. The van der Waals surface area contributed by atoms with E-state index in [0.29, 0.717) is 13.1 Å². The SMILES string of the molecule is CCCCC(NCC(=O)NCC)c1ccc(F)cc1. The third-order valence-corrected chi connectivity index (χ3v) is 3.00. The highest BCUT2D eigenvalue weighted by molar-refractivity contribution is 5.77. The maximum atomic E-state index is 12.9. The van der Waals surface area contributed by atoms with E-state index >= 15 is 0 Å². The molecule has 0 aliphatic carbocycles. The molecule has 0 heterocycles. The van der Waals surface area contributed by atoms with Gasteiger partial charge in [0.1, 0.15) is 5.82 Å². The molecule has 0 saturated carbocycles. The van der Waals surface area contributed by atoms with Crippen LogP contribution in [0.25, 0.3) is 0 Å². The second kappa shape index (κ2) is 8.64. The van der Waals surface area contributed by atoms with Crippen LogP contribution >= 0.6 is 0 Å². The standard InChI is InChI=1S/C15H23FN2O/c1-3-5-6-14(18-11-15(19)17-4-2)12-7-9-13(16)10-8-12/h7-10,14,18H,3-6,11H2,1-2H3,(H,17,19). The number of carbonyl (C=O) groups is 1. The summed E-state index contributed by atoms with van der Waals surface area (Å²) >= 11 is 0. The van der Waals surface area contributed by atoms with Crippen molar-refractivity contribution in [1.82, 2.24) is 10.6 Å². The summed E-state index contributed by atoms with van der Waals surface area (Å²) in [6.45, 7) is 4.95. The Labute approximate surface area is 114 Å². The van der Waals surface area contributed by atoms with Crippen LogP contribution in [-0.2, 0) is 4.79 Å². The number of benzene rings is 1. The van der Waals surface area contributed by atoms with Crippen LogP contribution in [0, 0.1) is 5.82 Å². The van der Waals surface area contributed by atoms with Gasteiger partial charge in [0.2, 0.25) is 5.91 Å². The Kier molecular flexibility index (Phi) is 7.11. The van der Waals surface area contributed by atoms with Gasteiger partial charge in [-0.1, -0.05) is 31.9 Å². The third-order valence-electron chi connectivity index (χ3n) is 3.00. The van der Waals surface area contributed by atoms with Gasteiger partial charge in [0.15, 0.2) is 0 Å². The fourth-order valence-corrected chi connectivity index (χ4v) is 1.97. The van der Waals surface area contributed by atoms with Crippen LogP contribution in [0.1, 0.15) is 44.7 Å². The Balaban J connectivity index is 2.60. The Bertz CT molecular complexity index is 378. The maximum absolute atomic E-state index is 12.9. The van der Waals surface area contributed by atoms with Crippen molar-refractivity contribution in [2.75, 3.05) is 13.1 Å². The lowest BCUT2D eigenvalue weighted by Crippen LogP contribution is -2.35. The van der Waals surface area contributed by atoms with Crippen molar-refractivity contribution in [2.45, 2.75) is 39.2 Å². The largest absolute Gasteiger partial charge is 0.355 e. The third kappa shape index (κ3) is 5.83. The van der Waals surface area contributed by atoms with E-state index in [-0.39, 0.29) is 17.8 Å². The molecule has 0 aliphatic rings. The first-order valence-electron chi connectivity index (χ1n) is 6.92. The zero-order valence-corrected chi connectivity index (χ0v) is 11.7. The predicted molar refractivity (Wildman–Crippen MR) is 75.4 cm³/mol. The molecule has 106 valence electrons. The lowest BCUT2D eigenvalue weighted by atomic mass is 10.0. The van der Waals surface area contributed by atoms with Crippen LogP contribution in [0.15, 0.2) is 24.3 Å². The van der Waals surface area contributed by atoms with Gasteiger partial charge in [-0.25, -0.2) is 4.39 Å². The quantitative estimate of drug-likeness (QED) is 0.759. The topological polar surface area (TPSA) is 41.1 Å². The average molecular weight is 266 g/mol. The lowest BCUT2D eigenvalue weighted by Gasteiger charge is -2.19. The van der Waals surface area contributed by atoms with Gasteiger partial charge in [-0.3, -0.25) is 4.79 Å². The summed E-state index contributed by atoms with van der Waals surface area (Å²) in [6, 6.07) is 6.58. The summed E-state index contributed by atoms with van der Waals surface area (Å²) in [5, 5.41) is 6.00. The molecule has 2 N–H and O–H groups in total. The zero-order valence-electron chi connectivity index (χ0n) is 11.7. The van der Waals surface area contributed by atoms with Crippen molar-refractivity contribution in [2.24, 2.45) is 0 Å². The van der Waals surface area contributed by atoms with E-state index in [1.165, 1.54) is 12.1 Å². The highest BCUT2D eigenvalue weighted by atomic mass is 19.1. The van der Waals surface area contributed by atoms with Gasteiger partial charge in [-0.2, -0.15) is 0 Å². The van der Waals surface area contributed by atoms with Gasteiger partial charge in [0.05, 0.1) is 6.54 Å². The molecule has 0 aromatic heterocycles. The van der Waals surface area contributed by atoms with Crippen molar-refractivity contribution in [3.8, 4) is 0 Å². The molecule has 0 radical (unpaired) electrons. The highest BCUT2D eigenvalue weighted by Gasteiger charge is 2.12. The molecule has 1 aromatic rings. The van der Waals surface area contributed by atoms with Gasteiger partial charge >= 0.3 is 0 Å². The van der Waals surface area contributed by atoms with Gasteiger partial charge < -0.3 is 10.6 Å². The Hall–Kier alpha value is -1.42. The molecule has 4 heteroatoms. The number of hydrogen-bond acceptors (Lipinski definition) is 2. The predicted octanol–water partition coefficient (Wildman–Crippen LogP) is 2.78. The molecule has 0 bridgehead atoms. The first kappa shape index (κ1) is 15.6. The second-order valence-electron chi connectivity index (χ2n) is 4.58. The summed E-state index contributed by atoms with van der Waals surface area (Å²) in [5.41, 5.74) is 1.03. The number of halogens is 1. The van der Waals surface area contributed by atoms with Crippen LogP contribution in [0.5, 0.6) is 0 Å². The van der Waals surface area contributed by atoms with Gasteiger partial charge in [-0.15, -0.1) is 0 Å². The van der Waals surface area contributed by atoms with E-state index in [1.54, 1.807) is 12.1 Å². The molecule has 1 atom stereocenters. The molecular formula is C15H23FN2O. The normalized spacial score (nSPS) is 12.2. The summed E-state index contributed by atoms with van der Waals surface area (Å²) in [6.07, 6.45) is 3.12. The summed E-state index contributed by atoms with van der Waals surface area (Å²) in [4.78, 5) is 11.5. The fraction of sp³-hybridized carbons (Fsp3) is 0.533. The van der Waals surface area contributed by atoms with Crippen molar-refractivity contribution >= 4 is 5.91 Å². The molecular weight excluding hydrogens is 243 g/mol. The summed E-state index contributed by atoms with van der Waals surface area (Å²) in [5.74, 6) is -0.243. The van der Waals surface area contributed by atoms with E-state index in [0.717, 1.165) is 24.8 Å². The summed E-state index contributed by atoms with van der Waals surface area (Å²) in [7, 11) is 0. The summed E-state index contributed by atoms with van der Waals surface area (Å²) < 4.78 is 12.9. The van der Waals surface area contributed by atoms with E-state index in [4.69, 9.17) is 0 Å². The molecule has 1 rings (SSSR count). The number of amides is 1. The molecule has 0 aliphatic heterocycles. The minimum Gasteiger partial charge on any atom is -0.355 e. The van der Waals surface area contributed by atoms with E-state index in [9.17, 15) is 9.18 Å². The van der Waals surface area contributed by atoms with E-state index in [2.05, 4.69) is 17.6 Å².